The summed E-state index contributed by atoms with van der Waals surface area (Å²) in [5, 5.41) is 2.83. The molecule has 1 N–H and O–H groups in total. The summed E-state index contributed by atoms with van der Waals surface area (Å²) in [4.78, 5) is 29.0. The second kappa shape index (κ2) is 9.22. The van der Waals surface area contributed by atoms with Crippen molar-refractivity contribution in [3.05, 3.63) is 35.6 Å². The molecule has 0 aromatic heterocycles. The van der Waals surface area contributed by atoms with Crippen molar-refractivity contribution >= 4 is 11.8 Å². The van der Waals surface area contributed by atoms with Crippen LogP contribution in [0, 0.1) is 17.7 Å². The molecule has 158 valence electrons. The number of piperidine rings is 1. The van der Waals surface area contributed by atoms with Crippen molar-refractivity contribution in [3.8, 4) is 0 Å². The summed E-state index contributed by atoms with van der Waals surface area (Å²) in [6, 6.07) is 5.44. The normalized spacial score (nSPS) is 24.0. The van der Waals surface area contributed by atoms with Crippen molar-refractivity contribution in [1.29, 1.82) is 0 Å². The van der Waals surface area contributed by atoms with E-state index in [0.717, 1.165) is 38.4 Å². The second-order valence-electron chi connectivity index (χ2n) is 8.64. The highest BCUT2D eigenvalue weighted by Crippen LogP contribution is 2.31. The van der Waals surface area contributed by atoms with Crippen LogP contribution in [0.4, 0.5) is 4.39 Å². The molecule has 1 saturated carbocycles. The first-order valence-corrected chi connectivity index (χ1v) is 10.7. The quantitative estimate of drug-likeness (QED) is 0.756. The zero-order chi connectivity index (χ0) is 20.2. The number of morpholine rings is 1. The van der Waals surface area contributed by atoms with Crippen LogP contribution >= 0.6 is 0 Å². The number of carbonyl (C=O) groups is 2. The highest BCUT2D eigenvalue weighted by Gasteiger charge is 2.31. The molecule has 3 aliphatic rings. The van der Waals surface area contributed by atoms with Crippen LogP contribution in [0.15, 0.2) is 24.3 Å². The predicted molar refractivity (Wildman–Crippen MR) is 107 cm³/mol. The molecule has 29 heavy (non-hydrogen) atoms. The number of rotatable bonds is 7. The molecule has 2 saturated heterocycles. The fourth-order valence-electron chi connectivity index (χ4n) is 4.22. The third-order valence-corrected chi connectivity index (χ3v) is 6.21. The van der Waals surface area contributed by atoms with Gasteiger partial charge in [0, 0.05) is 31.7 Å². The molecule has 4 rings (SSSR count). The molecule has 0 spiro atoms. The predicted octanol–water partition coefficient (Wildman–Crippen LogP) is 1.90. The van der Waals surface area contributed by atoms with E-state index >= 15 is 0 Å². The molecule has 0 radical (unpaired) electrons. The average Bonchev–Trinajstić information content (AvgIpc) is 3.54. The van der Waals surface area contributed by atoms with E-state index in [4.69, 9.17) is 4.74 Å². The summed E-state index contributed by atoms with van der Waals surface area (Å²) >= 11 is 0. The van der Waals surface area contributed by atoms with Crippen LogP contribution in [0.2, 0.25) is 0 Å². The van der Waals surface area contributed by atoms with Gasteiger partial charge in [-0.25, -0.2) is 4.39 Å². The van der Waals surface area contributed by atoms with Gasteiger partial charge in [-0.3, -0.25) is 9.59 Å². The number of amides is 2. The molecular formula is C22H30FN3O3. The molecule has 6 nitrogen and oxygen atoms in total. The fraction of sp³-hybridized carbons (Fsp3) is 0.636. The number of halogens is 1. The molecule has 7 heteroatoms. The van der Waals surface area contributed by atoms with E-state index in [1.807, 2.05) is 4.90 Å². The Hall–Kier alpha value is -1.99. The lowest BCUT2D eigenvalue weighted by atomic mass is 9.95. The molecule has 1 unspecified atom stereocenters. The van der Waals surface area contributed by atoms with Crippen LogP contribution in [0.3, 0.4) is 0 Å². The zero-order valence-corrected chi connectivity index (χ0v) is 16.8. The van der Waals surface area contributed by atoms with Crippen molar-refractivity contribution in [2.45, 2.75) is 31.8 Å². The number of nitrogens with one attached hydrogen (secondary N) is 1. The van der Waals surface area contributed by atoms with Gasteiger partial charge in [0.15, 0.2) is 0 Å². The number of nitrogens with zero attached hydrogens (tertiary/aromatic N) is 2. The van der Waals surface area contributed by atoms with Crippen LogP contribution in [-0.4, -0.2) is 73.6 Å². The van der Waals surface area contributed by atoms with Crippen molar-refractivity contribution in [2.75, 3.05) is 45.9 Å². The first-order chi connectivity index (χ1) is 14.1. The lowest BCUT2D eigenvalue weighted by Crippen LogP contribution is -2.52. The van der Waals surface area contributed by atoms with E-state index in [-0.39, 0.29) is 30.3 Å². The molecule has 1 aromatic rings. The van der Waals surface area contributed by atoms with E-state index < -0.39 is 0 Å². The molecular weight excluding hydrogens is 373 g/mol. The molecule has 2 heterocycles. The SMILES string of the molecule is O=C(NCC1CN(CC2CCN(CC3CC3)CC2)C(=O)CO1)c1ccc(F)cc1. The van der Waals surface area contributed by atoms with Gasteiger partial charge in [-0.1, -0.05) is 0 Å². The number of carbonyl (C=O) groups excluding carboxylic acids is 2. The van der Waals surface area contributed by atoms with Crippen molar-refractivity contribution in [3.63, 3.8) is 0 Å². The first-order valence-electron chi connectivity index (χ1n) is 10.7. The monoisotopic (exact) mass is 403 g/mol. The van der Waals surface area contributed by atoms with Crippen molar-refractivity contribution in [2.24, 2.45) is 11.8 Å². The largest absolute Gasteiger partial charge is 0.365 e. The molecule has 1 aliphatic carbocycles. The maximum Gasteiger partial charge on any atom is 0.251 e. The third-order valence-electron chi connectivity index (χ3n) is 6.21. The van der Waals surface area contributed by atoms with Gasteiger partial charge >= 0.3 is 0 Å². The Balaban J connectivity index is 1.21. The van der Waals surface area contributed by atoms with Crippen LogP contribution in [-0.2, 0) is 9.53 Å². The number of likely N-dealkylation sites (tertiary alicyclic amines) is 1. The second-order valence-corrected chi connectivity index (χ2v) is 8.64. The van der Waals surface area contributed by atoms with E-state index in [0.29, 0.717) is 24.6 Å². The maximum absolute atomic E-state index is 13.0. The maximum atomic E-state index is 13.0. The van der Waals surface area contributed by atoms with E-state index in [1.54, 1.807) is 0 Å². The number of hydrogen-bond donors (Lipinski definition) is 1. The fourth-order valence-corrected chi connectivity index (χ4v) is 4.22. The van der Waals surface area contributed by atoms with Crippen LogP contribution in [0.1, 0.15) is 36.0 Å². The minimum absolute atomic E-state index is 0.0338. The zero-order valence-electron chi connectivity index (χ0n) is 16.8. The van der Waals surface area contributed by atoms with Gasteiger partial charge in [-0.05, 0) is 74.9 Å². The summed E-state index contributed by atoms with van der Waals surface area (Å²) in [7, 11) is 0. The summed E-state index contributed by atoms with van der Waals surface area (Å²) in [5.74, 6) is 0.872. The Morgan fingerprint density at radius 2 is 1.76 bits per heavy atom. The summed E-state index contributed by atoms with van der Waals surface area (Å²) in [6.07, 6.45) is 4.85. The molecule has 0 bridgehead atoms. The van der Waals surface area contributed by atoms with Crippen LogP contribution in [0.5, 0.6) is 0 Å². The lowest BCUT2D eigenvalue weighted by Gasteiger charge is -2.38. The van der Waals surface area contributed by atoms with Crippen LogP contribution in [0.25, 0.3) is 0 Å². The smallest absolute Gasteiger partial charge is 0.251 e. The Morgan fingerprint density at radius 1 is 1.07 bits per heavy atom. The van der Waals surface area contributed by atoms with E-state index in [2.05, 4.69) is 10.2 Å². The Labute approximate surface area is 171 Å². The van der Waals surface area contributed by atoms with Gasteiger partial charge in [0.05, 0.1) is 6.10 Å². The highest BCUT2D eigenvalue weighted by molar-refractivity contribution is 5.94. The topological polar surface area (TPSA) is 61.9 Å². The summed E-state index contributed by atoms with van der Waals surface area (Å²) in [5.41, 5.74) is 0.410. The minimum atomic E-state index is -0.371. The Bertz CT molecular complexity index is 715. The number of hydrogen-bond acceptors (Lipinski definition) is 4. The summed E-state index contributed by atoms with van der Waals surface area (Å²) in [6.45, 7) is 5.21. The van der Waals surface area contributed by atoms with Gasteiger partial charge in [-0.2, -0.15) is 0 Å². The molecule has 2 aliphatic heterocycles. The molecule has 3 fully saturated rings. The van der Waals surface area contributed by atoms with Crippen molar-refractivity contribution < 1.29 is 18.7 Å². The standard InChI is InChI=1S/C22H30FN3O3/c23-19-5-3-18(4-6-19)22(28)24-11-20-14-26(21(27)15-29-20)13-17-7-9-25(10-8-17)12-16-1-2-16/h3-6,16-17,20H,1-2,7-15H2,(H,24,28). The molecule has 1 atom stereocenters. The van der Waals surface area contributed by atoms with Crippen LogP contribution < -0.4 is 5.32 Å². The van der Waals surface area contributed by atoms with Crippen molar-refractivity contribution in [1.82, 2.24) is 15.1 Å². The molecule has 1 aromatic carbocycles. The average molecular weight is 403 g/mol. The first kappa shape index (κ1) is 20.3. The van der Waals surface area contributed by atoms with E-state index in [9.17, 15) is 14.0 Å². The number of ether oxygens (including phenoxy) is 1. The lowest BCUT2D eigenvalue weighted by molar-refractivity contribution is -0.149. The van der Waals surface area contributed by atoms with Gasteiger partial charge < -0.3 is 19.9 Å². The molecule has 2 amide bonds. The van der Waals surface area contributed by atoms with Gasteiger partial charge in [0.1, 0.15) is 12.4 Å². The van der Waals surface area contributed by atoms with Gasteiger partial charge in [0.2, 0.25) is 5.91 Å². The third kappa shape index (κ3) is 5.76. The summed E-state index contributed by atoms with van der Waals surface area (Å²) < 4.78 is 18.6. The van der Waals surface area contributed by atoms with Gasteiger partial charge in [0.25, 0.3) is 5.91 Å². The van der Waals surface area contributed by atoms with E-state index in [1.165, 1.54) is 43.7 Å². The minimum Gasteiger partial charge on any atom is -0.365 e. The number of benzene rings is 1. The highest BCUT2D eigenvalue weighted by atomic mass is 19.1. The Kier molecular flexibility index (Phi) is 6.45. The Morgan fingerprint density at radius 3 is 2.45 bits per heavy atom. The van der Waals surface area contributed by atoms with Gasteiger partial charge in [-0.15, -0.1) is 0 Å².